The molecule has 240 valence electrons. The highest BCUT2D eigenvalue weighted by molar-refractivity contribution is 8.02. The normalized spacial score (nSPS) is 28.0. The number of likely N-dealkylation sites (tertiary alicyclic amines) is 1. The molecule has 3 fully saturated rings. The first-order chi connectivity index (χ1) is 21.6. The van der Waals surface area contributed by atoms with Crippen LogP contribution < -0.4 is 4.90 Å². The predicted molar refractivity (Wildman–Crippen MR) is 182 cm³/mol. The Labute approximate surface area is 276 Å². The van der Waals surface area contributed by atoms with Gasteiger partial charge < -0.3 is 19.8 Å². The van der Waals surface area contributed by atoms with Crippen molar-refractivity contribution in [2.45, 2.75) is 68.2 Å². The first-order valence-corrected chi connectivity index (χ1v) is 17.0. The molecule has 2 unspecified atom stereocenters. The van der Waals surface area contributed by atoms with E-state index in [1.807, 2.05) is 44.2 Å². The fourth-order valence-corrected chi connectivity index (χ4v) is 10.3. The van der Waals surface area contributed by atoms with Crippen LogP contribution in [-0.4, -0.2) is 73.9 Å². The summed E-state index contributed by atoms with van der Waals surface area (Å²) in [4.78, 5) is 49.6. The van der Waals surface area contributed by atoms with E-state index in [2.05, 4.69) is 20.1 Å². The fraction of sp³-hybridized carbons (Fsp3) is 0.472. The van der Waals surface area contributed by atoms with Crippen LogP contribution in [0.4, 0.5) is 5.69 Å². The van der Waals surface area contributed by atoms with Gasteiger partial charge in [-0.2, -0.15) is 0 Å². The molecule has 0 aromatic heterocycles. The highest BCUT2D eigenvalue weighted by Gasteiger charge is 2.78. The Morgan fingerprint density at radius 3 is 2.36 bits per heavy atom. The molecule has 0 radical (unpaired) electrons. The van der Waals surface area contributed by atoms with Crippen LogP contribution in [0.3, 0.4) is 0 Å². The van der Waals surface area contributed by atoms with Crippen molar-refractivity contribution in [1.82, 2.24) is 9.80 Å². The molecule has 9 heteroatoms. The number of halogens is 1. The molecule has 2 bridgehead atoms. The Morgan fingerprint density at radius 1 is 1.09 bits per heavy atom. The van der Waals surface area contributed by atoms with Crippen molar-refractivity contribution in [3.05, 3.63) is 90.5 Å². The zero-order valence-corrected chi connectivity index (χ0v) is 28.0. The molecular formula is C36H44ClN3O4S. The molecule has 3 aliphatic rings. The van der Waals surface area contributed by atoms with Crippen molar-refractivity contribution in [3.8, 4) is 0 Å². The van der Waals surface area contributed by atoms with Crippen molar-refractivity contribution in [2.24, 2.45) is 17.8 Å². The summed E-state index contributed by atoms with van der Waals surface area (Å²) in [5.74, 6) is -1.91. The average Bonchev–Trinajstić information content (AvgIpc) is 3.61. The highest BCUT2D eigenvalue weighted by atomic mass is 35.5. The molecular weight excluding hydrogens is 606 g/mol. The van der Waals surface area contributed by atoms with Gasteiger partial charge in [0.25, 0.3) is 5.91 Å². The molecule has 3 heterocycles. The summed E-state index contributed by atoms with van der Waals surface area (Å²) in [5, 5.41) is 11.3. The first kappa shape index (κ1) is 33.3. The summed E-state index contributed by atoms with van der Waals surface area (Å²) in [6.45, 7) is 14.6. The fourth-order valence-electron chi connectivity index (χ4n) is 7.80. The third kappa shape index (κ3) is 5.74. The zero-order valence-electron chi connectivity index (χ0n) is 26.4. The van der Waals surface area contributed by atoms with Crippen LogP contribution in [0.2, 0.25) is 5.02 Å². The van der Waals surface area contributed by atoms with Crippen LogP contribution in [0.1, 0.15) is 45.6 Å². The zero-order chi connectivity index (χ0) is 32.5. The molecule has 45 heavy (non-hydrogen) atoms. The first-order valence-electron chi connectivity index (χ1n) is 15.8. The van der Waals surface area contributed by atoms with Crippen LogP contribution in [0.15, 0.2) is 79.9 Å². The number of nitrogens with zero attached hydrogens (tertiary/aromatic N) is 3. The summed E-state index contributed by atoms with van der Waals surface area (Å²) >= 11 is 7.83. The number of hydrogen-bond acceptors (Lipinski definition) is 5. The number of benzene rings is 2. The lowest BCUT2D eigenvalue weighted by molar-refractivity contribution is -0.147. The third-order valence-corrected chi connectivity index (χ3v) is 12.4. The van der Waals surface area contributed by atoms with Gasteiger partial charge >= 0.3 is 0 Å². The van der Waals surface area contributed by atoms with Gasteiger partial charge in [-0.05, 0) is 55.5 Å². The summed E-state index contributed by atoms with van der Waals surface area (Å²) in [7, 11) is 0. The molecule has 7 nitrogen and oxygen atoms in total. The lowest BCUT2D eigenvalue weighted by Gasteiger charge is -2.41. The quantitative estimate of drug-likeness (QED) is 0.271. The minimum atomic E-state index is -0.858. The number of hydrogen-bond donors (Lipinski definition) is 1. The highest BCUT2D eigenvalue weighted by Crippen LogP contribution is 2.72. The van der Waals surface area contributed by atoms with Gasteiger partial charge in [-0.25, -0.2) is 0 Å². The van der Waals surface area contributed by atoms with E-state index in [0.717, 1.165) is 12.0 Å². The summed E-state index contributed by atoms with van der Waals surface area (Å²) in [5.41, 5.74) is 1.65. The minimum Gasteiger partial charge on any atom is -0.394 e. The number of amides is 3. The van der Waals surface area contributed by atoms with Gasteiger partial charge in [-0.3, -0.25) is 14.4 Å². The monoisotopic (exact) mass is 649 g/mol. The largest absolute Gasteiger partial charge is 0.394 e. The summed E-state index contributed by atoms with van der Waals surface area (Å²) in [6, 6.07) is 15.5. The predicted octanol–water partition coefficient (Wildman–Crippen LogP) is 5.96. The molecule has 1 spiro atoms. The maximum absolute atomic E-state index is 14.9. The van der Waals surface area contributed by atoms with Crippen molar-refractivity contribution >= 4 is 46.8 Å². The van der Waals surface area contributed by atoms with Crippen molar-refractivity contribution in [1.29, 1.82) is 0 Å². The Kier molecular flexibility index (Phi) is 9.87. The summed E-state index contributed by atoms with van der Waals surface area (Å²) in [6.07, 6.45) is 5.45. The van der Waals surface area contributed by atoms with Crippen LogP contribution in [0, 0.1) is 17.8 Å². The number of aliphatic hydroxyl groups is 1. The molecule has 2 aromatic carbocycles. The molecule has 1 N–H and O–H groups in total. The Balaban J connectivity index is 1.61. The maximum Gasteiger partial charge on any atom is 0.251 e. The number of carbonyl (C=O) groups is 3. The van der Waals surface area contributed by atoms with Gasteiger partial charge in [0, 0.05) is 35.1 Å². The van der Waals surface area contributed by atoms with Crippen LogP contribution in [0.5, 0.6) is 0 Å². The number of rotatable bonds is 13. The second kappa shape index (κ2) is 13.3. The van der Waals surface area contributed by atoms with E-state index in [0.29, 0.717) is 36.6 Å². The molecule has 0 aliphatic carbocycles. The van der Waals surface area contributed by atoms with E-state index in [-0.39, 0.29) is 36.8 Å². The van der Waals surface area contributed by atoms with Gasteiger partial charge in [0.05, 0.1) is 29.2 Å². The van der Waals surface area contributed by atoms with E-state index in [1.165, 1.54) is 0 Å². The second-order valence-corrected chi connectivity index (χ2v) is 15.1. The van der Waals surface area contributed by atoms with Crippen LogP contribution >= 0.6 is 23.4 Å². The van der Waals surface area contributed by atoms with E-state index in [4.69, 9.17) is 11.6 Å². The minimum absolute atomic E-state index is 0.0601. The van der Waals surface area contributed by atoms with E-state index in [9.17, 15) is 19.5 Å². The van der Waals surface area contributed by atoms with Gasteiger partial charge in [0.2, 0.25) is 11.8 Å². The lowest BCUT2D eigenvalue weighted by atomic mass is 9.66. The Bertz CT molecular complexity index is 1440. The number of thioether (sulfide) groups is 1. The van der Waals surface area contributed by atoms with Crippen LogP contribution in [0.25, 0.3) is 0 Å². The average molecular weight is 650 g/mol. The Morgan fingerprint density at radius 2 is 1.76 bits per heavy atom. The van der Waals surface area contributed by atoms with Gasteiger partial charge in [0.15, 0.2) is 0 Å². The maximum atomic E-state index is 14.9. The molecule has 3 saturated heterocycles. The summed E-state index contributed by atoms with van der Waals surface area (Å²) < 4.78 is -1.34. The van der Waals surface area contributed by atoms with E-state index in [1.54, 1.807) is 62.9 Å². The van der Waals surface area contributed by atoms with Crippen molar-refractivity contribution in [3.63, 3.8) is 0 Å². The van der Waals surface area contributed by atoms with Crippen molar-refractivity contribution in [2.75, 3.05) is 24.6 Å². The molecule has 7 atom stereocenters. The smallest absolute Gasteiger partial charge is 0.251 e. The SMILES string of the molecule is C=CCN(Cc1ccccc1)C(=O)[C@H]1[C@H]2C(=O)N([C@@H](CO)[C@@H](C)CC)C(C(=O)N(CC=C)c3ccc(Cl)cc3)C23CC[C@]1(C)S3. The number of fused-ring (bicyclic) bond motifs is 1. The number of aliphatic hydroxyl groups excluding tert-OH is 1. The van der Waals surface area contributed by atoms with E-state index >= 15 is 0 Å². The molecule has 0 saturated carbocycles. The van der Waals surface area contributed by atoms with Crippen LogP contribution in [-0.2, 0) is 20.9 Å². The van der Waals surface area contributed by atoms with Gasteiger partial charge in [0.1, 0.15) is 6.04 Å². The third-order valence-electron chi connectivity index (χ3n) is 10.2. The Hall–Kier alpha value is -3.07. The number of carbonyl (C=O) groups excluding carboxylic acids is 3. The standard InChI is InChI=1S/C36H44ClN3O4S/c1-6-20-38(22-25-12-10-9-11-13-25)32(42)29-30-33(43)40(28(23-41)24(4)8-3)31(36(30)19-18-35(29,5)45-36)34(44)39(21-7-2)27-16-14-26(37)15-17-27/h6-7,9-17,24,28-31,41H,1-2,8,18-23H2,3-5H3/t24-,28-,29+,30-,31?,35-,36?/m0/s1. The van der Waals surface area contributed by atoms with E-state index < -0.39 is 33.4 Å². The number of anilines is 1. The molecule has 5 rings (SSSR count). The second-order valence-electron chi connectivity index (χ2n) is 12.8. The van der Waals surface area contributed by atoms with Crippen molar-refractivity contribution < 1.29 is 19.5 Å². The van der Waals surface area contributed by atoms with Gasteiger partial charge in [-0.15, -0.1) is 24.9 Å². The molecule has 3 aliphatic heterocycles. The molecule has 3 amide bonds. The van der Waals surface area contributed by atoms with Gasteiger partial charge in [-0.1, -0.05) is 74.4 Å². The molecule has 2 aromatic rings. The lowest BCUT2D eigenvalue weighted by Crippen LogP contribution is -2.58. The topological polar surface area (TPSA) is 81.2 Å².